The van der Waals surface area contributed by atoms with Gasteiger partial charge in [-0.2, -0.15) is 13.2 Å². The second kappa shape index (κ2) is 6.71. The molecular weight excluding hydrogens is 323 g/mol. The summed E-state index contributed by atoms with van der Waals surface area (Å²) in [6, 6.07) is 6.01. The molecule has 2 N–H and O–H groups in total. The number of H-pyrrole nitrogens is 1. The molecule has 10 heteroatoms. The molecule has 0 bridgehead atoms. The first-order chi connectivity index (χ1) is 10.3. The number of nitrogens with zero attached hydrogens (tertiary/aromatic N) is 1. The zero-order valence-corrected chi connectivity index (χ0v) is 11.8. The normalized spacial score (nSPS) is 11.4. The van der Waals surface area contributed by atoms with Gasteiger partial charge in [0, 0.05) is 11.1 Å². The molecule has 1 aromatic heterocycles. The summed E-state index contributed by atoms with van der Waals surface area (Å²) in [7, 11) is 0. The smallest absolute Gasteiger partial charge is 0.391 e. The van der Waals surface area contributed by atoms with Crippen LogP contribution in [0.5, 0.6) is 0 Å². The molecule has 1 amide bonds. The molecule has 0 saturated carbocycles. The molecule has 118 valence electrons. The van der Waals surface area contributed by atoms with Crippen molar-refractivity contribution in [2.24, 2.45) is 0 Å². The predicted octanol–water partition coefficient (Wildman–Crippen LogP) is 3.01. The SMILES string of the molecule is O=C(NOCCC(F)(F)F)c1ccc(-c2n[nH]c(=S)o2)cc1. The van der Waals surface area contributed by atoms with Crippen LogP contribution in [-0.2, 0) is 4.84 Å². The van der Waals surface area contributed by atoms with Crippen LogP contribution in [-0.4, -0.2) is 28.9 Å². The first kappa shape index (κ1) is 16.2. The van der Waals surface area contributed by atoms with Crippen LogP contribution in [0.25, 0.3) is 11.5 Å². The van der Waals surface area contributed by atoms with Crippen molar-refractivity contribution in [3.05, 3.63) is 34.7 Å². The second-order valence-electron chi connectivity index (χ2n) is 4.14. The number of benzene rings is 1. The van der Waals surface area contributed by atoms with E-state index in [2.05, 4.69) is 15.0 Å². The van der Waals surface area contributed by atoms with Crippen LogP contribution in [0.15, 0.2) is 28.7 Å². The van der Waals surface area contributed by atoms with E-state index in [1.807, 2.05) is 5.48 Å². The number of aromatic amines is 1. The number of alkyl halides is 3. The third-order valence-corrected chi connectivity index (χ3v) is 2.66. The average molecular weight is 333 g/mol. The summed E-state index contributed by atoms with van der Waals surface area (Å²) >= 11 is 4.74. The van der Waals surface area contributed by atoms with Crippen LogP contribution < -0.4 is 5.48 Å². The Hall–Kier alpha value is -2.20. The lowest BCUT2D eigenvalue weighted by molar-refractivity contribution is -0.149. The second-order valence-corrected chi connectivity index (χ2v) is 4.51. The number of carbonyl (C=O) groups is 1. The van der Waals surface area contributed by atoms with E-state index in [1.165, 1.54) is 12.1 Å². The lowest BCUT2D eigenvalue weighted by Crippen LogP contribution is -2.25. The fraction of sp³-hybridized carbons (Fsp3) is 0.250. The molecule has 1 heterocycles. The van der Waals surface area contributed by atoms with Gasteiger partial charge in [0.25, 0.3) is 10.7 Å². The van der Waals surface area contributed by atoms with Crippen LogP contribution in [0.2, 0.25) is 0 Å². The first-order valence-electron chi connectivity index (χ1n) is 6.00. The van der Waals surface area contributed by atoms with Gasteiger partial charge in [-0.05, 0) is 36.5 Å². The zero-order valence-electron chi connectivity index (χ0n) is 10.9. The van der Waals surface area contributed by atoms with Crippen LogP contribution >= 0.6 is 12.2 Å². The maximum absolute atomic E-state index is 11.9. The van der Waals surface area contributed by atoms with E-state index in [0.717, 1.165) is 0 Å². The number of aromatic nitrogens is 2. The minimum Gasteiger partial charge on any atom is -0.409 e. The maximum Gasteiger partial charge on any atom is 0.391 e. The van der Waals surface area contributed by atoms with Crippen molar-refractivity contribution in [1.82, 2.24) is 15.7 Å². The Morgan fingerprint density at radius 1 is 1.36 bits per heavy atom. The zero-order chi connectivity index (χ0) is 16.2. The van der Waals surface area contributed by atoms with E-state index in [0.29, 0.717) is 5.56 Å². The standard InChI is InChI=1S/C12H10F3N3O3S/c13-12(14,15)5-6-20-18-9(19)7-1-3-8(4-2-7)10-16-17-11(22)21-10/h1-4H,5-6H2,(H,17,22)(H,18,19). The van der Waals surface area contributed by atoms with Gasteiger partial charge in [0.15, 0.2) is 0 Å². The van der Waals surface area contributed by atoms with Crippen molar-refractivity contribution in [2.45, 2.75) is 12.6 Å². The lowest BCUT2D eigenvalue weighted by atomic mass is 10.1. The number of amides is 1. The molecule has 2 aromatic rings. The highest BCUT2D eigenvalue weighted by atomic mass is 32.1. The van der Waals surface area contributed by atoms with Gasteiger partial charge in [0.1, 0.15) is 0 Å². The minimum atomic E-state index is -4.33. The third-order valence-electron chi connectivity index (χ3n) is 2.48. The maximum atomic E-state index is 11.9. The van der Waals surface area contributed by atoms with Crippen molar-refractivity contribution in [3.8, 4) is 11.5 Å². The van der Waals surface area contributed by atoms with Gasteiger partial charge in [0.05, 0.1) is 13.0 Å². The molecule has 0 aliphatic carbocycles. The summed E-state index contributed by atoms with van der Waals surface area (Å²) in [5.41, 5.74) is 2.73. The summed E-state index contributed by atoms with van der Waals surface area (Å²) in [5.74, 6) is -0.393. The van der Waals surface area contributed by atoms with Gasteiger partial charge < -0.3 is 4.42 Å². The van der Waals surface area contributed by atoms with E-state index in [9.17, 15) is 18.0 Å². The van der Waals surface area contributed by atoms with Gasteiger partial charge >= 0.3 is 6.18 Å². The number of hydrogen-bond acceptors (Lipinski definition) is 5. The number of rotatable bonds is 5. The number of halogens is 3. The predicted molar refractivity (Wildman–Crippen MR) is 71.2 cm³/mol. The van der Waals surface area contributed by atoms with E-state index >= 15 is 0 Å². The van der Waals surface area contributed by atoms with E-state index < -0.39 is 25.1 Å². The fourth-order valence-corrected chi connectivity index (χ4v) is 1.58. The topological polar surface area (TPSA) is 80.1 Å². The van der Waals surface area contributed by atoms with Crippen molar-refractivity contribution in [3.63, 3.8) is 0 Å². The number of hydrogen-bond donors (Lipinski definition) is 2. The molecule has 0 radical (unpaired) electrons. The fourth-order valence-electron chi connectivity index (χ4n) is 1.46. The minimum absolute atomic E-state index is 0.120. The highest BCUT2D eigenvalue weighted by molar-refractivity contribution is 7.71. The monoisotopic (exact) mass is 333 g/mol. The van der Waals surface area contributed by atoms with Gasteiger partial charge in [0.2, 0.25) is 5.89 Å². The molecular formula is C12H10F3N3O3S. The first-order valence-corrected chi connectivity index (χ1v) is 6.41. The molecule has 0 atom stereocenters. The molecule has 0 saturated heterocycles. The summed E-state index contributed by atoms with van der Waals surface area (Å²) in [6.07, 6.45) is -5.47. The van der Waals surface area contributed by atoms with Crippen LogP contribution in [0, 0.1) is 4.84 Å². The summed E-state index contributed by atoms with van der Waals surface area (Å²) in [6.45, 7) is -0.652. The molecule has 22 heavy (non-hydrogen) atoms. The van der Waals surface area contributed by atoms with Crippen LogP contribution in [0.4, 0.5) is 13.2 Å². The van der Waals surface area contributed by atoms with Gasteiger partial charge in [-0.1, -0.05) is 0 Å². The van der Waals surface area contributed by atoms with E-state index in [4.69, 9.17) is 16.6 Å². The highest BCUT2D eigenvalue weighted by Crippen LogP contribution is 2.19. The molecule has 1 aromatic carbocycles. The van der Waals surface area contributed by atoms with Crippen molar-refractivity contribution in [2.75, 3.05) is 6.61 Å². The average Bonchev–Trinajstić information content (AvgIpc) is 2.89. The Morgan fingerprint density at radius 2 is 2.05 bits per heavy atom. The molecule has 2 rings (SSSR count). The van der Waals surface area contributed by atoms with E-state index in [1.54, 1.807) is 12.1 Å². The van der Waals surface area contributed by atoms with E-state index in [-0.39, 0.29) is 16.3 Å². The number of nitrogens with one attached hydrogen (secondary N) is 2. The molecule has 0 spiro atoms. The largest absolute Gasteiger partial charge is 0.409 e. The Labute approximate surface area is 127 Å². The Balaban J connectivity index is 1.90. The van der Waals surface area contributed by atoms with Crippen molar-refractivity contribution < 1.29 is 27.2 Å². The molecule has 0 fully saturated rings. The summed E-state index contributed by atoms with van der Waals surface area (Å²) in [5, 5.41) is 6.27. The lowest BCUT2D eigenvalue weighted by Gasteiger charge is -2.08. The van der Waals surface area contributed by atoms with Crippen molar-refractivity contribution in [1.29, 1.82) is 0 Å². The molecule has 6 nitrogen and oxygen atoms in total. The summed E-state index contributed by atoms with van der Waals surface area (Å²) in [4.78, 5) is 16.2. The Kier molecular flexibility index (Phi) is 4.93. The van der Waals surface area contributed by atoms with Crippen LogP contribution in [0.3, 0.4) is 0 Å². The summed E-state index contributed by atoms with van der Waals surface area (Å²) < 4.78 is 40.8. The molecule has 0 aliphatic rings. The Bertz CT molecular complexity index is 694. The number of carbonyl (C=O) groups excluding carboxylic acids is 1. The molecule has 0 unspecified atom stereocenters. The third kappa shape index (κ3) is 4.67. The van der Waals surface area contributed by atoms with Gasteiger partial charge in [-0.3, -0.25) is 9.63 Å². The highest BCUT2D eigenvalue weighted by Gasteiger charge is 2.26. The van der Waals surface area contributed by atoms with Gasteiger partial charge in [-0.25, -0.2) is 10.6 Å². The quantitative estimate of drug-likeness (QED) is 0.499. The Morgan fingerprint density at radius 3 is 2.59 bits per heavy atom. The number of hydroxylamine groups is 1. The van der Waals surface area contributed by atoms with Gasteiger partial charge in [-0.15, -0.1) is 5.10 Å². The van der Waals surface area contributed by atoms with Crippen molar-refractivity contribution >= 4 is 18.1 Å². The molecule has 0 aliphatic heterocycles. The van der Waals surface area contributed by atoms with Crippen LogP contribution in [0.1, 0.15) is 16.8 Å².